The van der Waals surface area contributed by atoms with Gasteiger partial charge in [-0.3, -0.25) is 0 Å². The number of hydrogen-bond acceptors (Lipinski definition) is 7. The zero-order valence-electron chi connectivity index (χ0n) is 14.9. The Labute approximate surface area is 152 Å². The summed E-state index contributed by atoms with van der Waals surface area (Å²) in [5.41, 5.74) is 2.24. The minimum absolute atomic E-state index is 0.607. The lowest BCUT2D eigenvalue weighted by atomic mass is 10.3. The maximum atomic E-state index is 5.20. The van der Waals surface area contributed by atoms with Gasteiger partial charge in [0.1, 0.15) is 5.75 Å². The van der Waals surface area contributed by atoms with Gasteiger partial charge in [0.25, 0.3) is 0 Å². The summed E-state index contributed by atoms with van der Waals surface area (Å²) >= 11 is 0. The second kappa shape index (κ2) is 7.65. The van der Waals surface area contributed by atoms with Crippen LogP contribution in [0.3, 0.4) is 0 Å². The number of rotatable bonds is 7. The van der Waals surface area contributed by atoms with Crippen molar-refractivity contribution in [1.82, 2.24) is 29.9 Å². The molecule has 136 valence electrons. The Hall–Kier alpha value is -2.74. The third-order valence-electron chi connectivity index (χ3n) is 4.64. The first kappa shape index (κ1) is 16.7. The predicted molar refractivity (Wildman–Crippen MR) is 99.8 cm³/mol. The quantitative estimate of drug-likeness (QED) is 0.652. The Morgan fingerprint density at radius 1 is 1.15 bits per heavy atom. The van der Waals surface area contributed by atoms with Gasteiger partial charge in [0, 0.05) is 6.54 Å². The molecular formula is C18H23N7O. The van der Waals surface area contributed by atoms with E-state index in [4.69, 9.17) is 4.74 Å². The van der Waals surface area contributed by atoms with Crippen LogP contribution in [0.1, 0.15) is 19.3 Å². The van der Waals surface area contributed by atoms with E-state index in [1.807, 2.05) is 24.3 Å². The lowest BCUT2D eigenvalue weighted by Gasteiger charge is -2.14. The summed E-state index contributed by atoms with van der Waals surface area (Å²) < 4.78 is 6.91. The van der Waals surface area contributed by atoms with Crippen LogP contribution in [0.5, 0.6) is 5.75 Å². The number of methoxy groups -OCH3 is 1. The molecule has 0 aliphatic carbocycles. The zero-order valence-corrected chi connectivity index (χ0v) is 14.9. The molecule has 0 bridgehead atoms. The van der Waals surface area contributed by atoms with Crippen molar-refractivity contribution in [2.45, 2.75) is 19.3 Å². The molecule has 0 amide bonds. The second-order valence-corrected chi connectivity index (χ2v) is 6.43. The molecule has 26 heavy (non-hydrogen) atoms. The number of fused-ring (bicyclic) bond motifs is 1. The van der Waals surface area contributed by atoms with Crippen molar-refractivity contribution in [2.24, 2.45) is 0 Å². The van der Waals surface area contributed by atoms with Gasteiger partial charge in [-0.05, 0) is 63.2 Å². The summed E-state index contributed by atoms with van der Waals surface area (Å²) in [6.07, 6.45) is 5.45. The highest BCUT2D eigenvalue weighted by molar-refractivity contribution is 5.71. The molecular weight excluding hydrogens is 330 g/mol. The predicted octanol–water partition coefficient (Wildman–Crippen LogP) is 2.12. The van der Waals surface area contributed by atoms with Crippen LogP contribution >= 0.6 is 0 Å². The molecule has 1 saturated heterocycles. The maximum absolute atomic E-state index is 5.20. The molecule has 8 heteroatoms. The van der Waals surface area contributed by atoms with Crippen molar-refractivity contribution >= 4 is 17.1 Å². The van der Waals surface area contributed by atoms with Crippen molar-refractivity contribution in [1.29, 1.82) is 0 Å². The van der Waals surface area contributed by atoms with E-state index in [2.05, 4.69) is 30.5 Å². The van der Waals surface area contributed by atoms with E-state index in [1.54, 1.807) is 18.0 Å². The van der Waals surface area contributed by atoms with E-state index < -0.39 is 0 Å². The molecule has 3 aromatic rings. The monoisotopic (exact) mass is 353 g/mol. The van der Waals surface area contributed by atoms with E-state index in [0.717, 1.165) is 30.9 Å². The number of likely N-dealkylation sites (tertiary alicyclic amines) is 1. The molecule has 1 aliphatic rings. The van der Waals surface area contributed by atoms with Crippen molar-refractivity contribution in [3.8, 4) is 11.4 Å². The minimum Gasteiger partial charge on any atom is -0.497 e. The van der Waals surface area contributed by atoms with Crippen LogP contribution < -0.4 is 10.1 Å². The van der Waals surface area contributed by atoms with Gasteiger partial charge in [0.2, 0.25) is 5.95 Å². The second-order valence-electron chi connectivity index (χ2n) is 6.43. The Morgan fingerprint density at radius 2 is 1.96 bits per heavy atom. The number of hydrogen-bond donors (Lipinski definition) is 1. The zero-order chi connectivity index (χ0) is 17.8. The highest BCUT2D eigenvalue weighted by Crippen LogP contribution is 2.18. The highest BCUT2D eigenvalue weighted by atomic mass is 16.5. The summed E-state index contributed by atoms with van der Waals surface area (Å²) in [5, 5.41) is 11.7. The highest BCUT2D eigenvalue weighted by Gasteiger charge is 2.12. The van der Waals surface area contributed by atoms with Gasteiger partial charge in [-0.2, -0.15) is 9.67 Å². The molecule has 1 N–H and O–H groups in total. The van der Waals surface area contributed by atoms with Crippen LogP contribution in [-0.2, 0) is 0 Å². The molecule has 1 aliphatic heterocycles. The number of ether oxygens (including phenoxy) is 1. The SMILES string of the molecule is COc1ccc(-n2nnc3cnc(NCCCN4CCCC4)nc32)cc1. The number of aromatic nitrogens is 5. The first-order valence-electron chi connectivity index (χ1n) is 9.02. The summed E-state index contributed by atoms with van der Waals surface area (Å²) in [4.78, 5) is 11.4. The number of benzene rings is 1. The molecule has 8 nitrogen and oxygen atoms in total. The fourth-order valence-electron chi connectivity index (χ4n) is 3.22. The van der Waals surface area contributed by atoms with Crippen LogP contribution in [0.4, 0.5) is 5.95 Å². The molecule has 0 saturated carbocycles. The number of anilines is 1. The Kier molecular flexibility index (Phi) is 4.92. The van der Waals surface area contributed by atoms with E-state index in [0.29, 0.717) is 17.1 Å². The number of nitrogens with zero attached hydrogens (tertiary/aromatic N) is 6. The average Bonchev–Trinajstić information content (AvgIpc) is 3.35. The van der Waals surface area contributed by atoms with Crippen molar-refractivity contribution in [2.75, 3.05) is 38.6 Å². The number of nitrogens with one attached hydrogen (secondary N) is 1. The lowest BCUT2D eigenvalue weighted by Crippen LogP contribution is -2.22. The molecule has 0 spiro atoms. The van der Waals surface area contributed by atoms with E-state index in [-0.39, 0.29) is 0 Å². The third kappa shape index (κ3) is 3.60. The topological polar surface area (TPSA) is 81.0 Å². The average molecular weight is 353 g/mol. The molecule has 4 rings (SSSR count). The van der Waals surface area contributed by atoms with Gasteiger partial charge < -0.3 is 15.0 Å². The van der Waals surface area contributed by atoms with Gasteiger partial charge in [0.15, 0.2) is 11.2 Å². The first-order valence-corrected chi connectivity index (χ1v) is 9.02. The fraction of sp³-hybridized carbons (Fsp3) is 0.444. The maximum Gasteiger partial charge on any atom is 0.224 e. The van der Waals surface area contributed by atoms with Crippen molar-refractivity contribution in [3.05, 3.63) is 30.5 Å². The largest absolute Gasteiger partial charge is 0.497 e. The summed E-state index contributed by atoms with van der Waals surface area (Å²) in [5.74, 6) is 1.41. The molecule has 0 unspecified atom stereocenters. The normalized spacial score (nSPS) is 14.8. The van der Waals surface area contributed by atoms with E-state index >= 15 is 0 Å². The Morgan fingerprint density at radius 3 is 2.73 bits per heavy atom. The Bertz CT molecular complexity index is 856. The first-order chi connectivity index (χ1) is 12.8. The summed E-state index contributed by atoms with van der Waals surface area (Å²) in [6, 6.07) is 7.64. The van der Waals surface area contributed by atoms with E-state index in [9.17, 15) is 0 Å². The molecule has 1 aromatic carbocycles. The standard InChI is InChI=1S/C18H23N7O/c1-26-15-7-5-14(6-8-15)25-17-16(22-23-25)13-20-18(21-17)19-9-4-12-24-10-2-3-11-24/h5-8,13H,2-4,9-12H2,1H3,(H,19,20,21). The van der Waals surface area contributed by atoms with Crippen molar-refractivity contribution < 1.29 is 4.74 Å². The Balaban J connectivity index is 1.45. The molecule has 2 aromatic heterocycles. The fourth-order valence-corrected chi connectivity index (χ4v) is 3.22. The van der Waals surface area contributed by atoms with Gasteiger partial charge >= 0.3 is 0 Å². The third-order valence-corrected chi connectivity index (χ3v) is 4.64. The van der Waals surface area contributed by atoms with Gasteiger partial charge in [0.05, 0.1) is 19.0 Å². The summed E-state index contributed by atoms with van der Waals surface area (Å²) in [7, 11) is 1.65. The van der Waals surface area contributed by atoms with Crippen LogP contribution in [-0.4, -0.2) is 63.2 Å². The molecule has 1 fully saturated rings. The van der Waals surface area contributed by atoms with Crippen LogP contribution in [0.15, 0.2) is 30.5 Å². The van der Waals surface area contributed by atoms with Crippen LogP contribution in [0.25, 0.3) is 16.9 Å². The molecule has 3 heterocycles. The van der Waals surface area contributed by atoms with E-state index in [1.165, 1.54) is 25.9 Å². The van der Waals surface area contributed by atoms with Gasteiger partial charge in [-0.25, -0.2) is 4.98 Å². The summed E-state index contributed by atoms with van der Waals surface area (Å²) in [6.45, 7) is 4.44. The van der Waals surface area contributed by atoms with Gasteiger partial charge in [-0.15, -0.1) is 5.10 Å². The minimum atomic E-state index is 0.607. The van der Waals surface area contributed by atoms with Crippen LogP contribution in [0, 0.1) is 0 Å². The lowest BCUT2D eigenvalue weighted by molar-refractivity contribution is 0.337. The van der Waals surface area contributed by atoms with Gasteiger partial charge in [-0.1, -0.05) is 5.21 Å². The molecule has 0 atom stereocenters. The van der Waals surface area contributed by atoms with Crippen molar-refractivity contribution in [3.63, 3.8) is 0 Å². The smallest absolute Gasteiger partial charge is 0.224 e. The van der Waals surface area contributed by atoms with Crippen LogP contribution in [0.2, 0.25) is 0 Å². The molecule has 0 radical (unpaired) electrons.